The summed E-state index contributed by atoms with van der Waals surface area (Å²) in [5.74, 6) is -0.405. The molecule has 2 aromatic carbocycles. The number of carbonyl (C=O) groups is 1. The molecule has 9 heteroatoms. The first-order chi connectivity index (χ1) is 14.6. The van der Waals surface area contributed by atoms with Crippen LogP contribution >= 0.6 is 23.2 Å². The fourth-order valence-corrected chi connectivity index (χ4v) is 5.19. The van der Waals surface area contributed by atoms with E-state index in [9.17, 15) is 13.2 Å². The van der Waals surface area contributed by atoms with Crippen molar-refractivity contribution in [1.82, 2.24) is 10.2 Å². The van der Waals surface area contributed by atoms with Crippen LogP contribution in [0.15, 0.2) is 42.5 Å². The van der Waals surface area contributed by atoms with Crippen LogP contribution in [0.5, 0.6) is 0 Å². The first kappa shape index (κ1) is 23.9. The Balaban J connectivity index is 1.64. The zero-order valence-corrected chi connectivity index (χ0v) is 20.0. The molecule has 0 spiro atoms. The largest absolute Gasteiger partial charge is 0.350 e. The molecule has 2 aromatic rings. The van der Waals surface area contributed by atoms with Gasteiger partial charge in [0.05, 0.1) is 22.0 Å². The Morgan fingerprint density at radius 3 is 2.26 bits per heavy atom. The molecule has 0 saturated carbocycles. The van der Waals surface area contributed by atoms with Gasteiger partial charge in [0.1, 0.15) is 6.04 Å². The molecule has 1 aliphatic rings. The molecule has 0 radical (unpaired) electrons. The summed E-state index contributed by atoms with van der Waals surface area (Å²) in [4.78, 5) is 15.2. The van der Waals surface area contributed by atoms with Crippen molar-refractivity contribution in [2.24, 2.45) is 0 Å². The SMILES string of the molecule is CC(C(=O)NCc1ccc(CN2CCCC2)cc1)N(c1ccc(Cl)c(Cl)c1)S(C)(=O)=O. The molecule has 1 heterocycles. The van der Waals surface area contributed by atoms with Gasteiger partial charge in [-0.25, -0.2) is 8.42 Å². The summed E-state index contributed by atoms with van der Waals surface area (Å²) < 4.78 is 25.8. The maximum absolute atomic E-state index is 12.7. The number of carbonyl (C=O) groups excluding carboxylic acids is 1. The molecule has 1 aliphatic heterocycles. The maximum Gasteiger partial charge on any atom is 0.243 e. The predicted octanol–water partition coefficient (Wildman–Crippen LogP) is 4.06. The molecule has 1 fully saturated rings. The fourth-order valence-electron chi connectivity index (χ4n) is 3.73. The third-order valence-electron chi connectivity index (χ3n) is 5.34. The van der Waals surface area contributed by atoms with Crippen molar-refractivity contribution in [2.45, 2.75) is 38.9 Å². The second-order valence-electron chi connectivity index (χ2n) is 7.85. The average Bonchev–Trinajstić information content (AvgIpc) is 3.22. The third kappa shape index (κ3) is 6.35. The van der Waals surface area contributed by atoms with Gasteiger partial charge in [-0.3, -0.25) is 14.0 Å². The Morgan fingerprint density at radius 2 is 1.68 bits per heavy atom. The quantitative estimate of drug-likeness (QED) is 0.614. The molecular weight excluding hydrogens is 457 g/mol. The summed E-state index contributed by atoms with van der Waals surface area (Å²) in [6.45, 7) is 5.08. The van der Waals surface area contributed by atoms with Crippen LogP contribution in [0.4, 0.5) is 5.69 Å². The highest BCUT2D eigenvalue weighted by Crippen LogP contribution is 2.29. The van der Waals surface area contributed by atoms with Gasteiger partial charge in [0.2, 0.25) is 15.9 Å². The second kappa shape index (κ2) is 10.2. The van der Waals surface area contributed by atoms with Gasteiger partial charge < -0.3 is 5.32 Å². The molecule has 0 bridgehead atoms. The number of hydrogen-bond donors (Lipinski definition) is 1. The van der Waals surface area contributed by atoms with E-state index >= 15 is 0 Å². The summed E-state index contributed by atoms with van der Waals surface area (Å²) in [7, 11) is -3.73. The number of hydrogen-bond acceptors (Lipinski definition) is 4. The molecule has 1 unspecified atom stereocenters. The lowest BCUT2D eigenvalue weighted by Gasteiger charge is -2.28. The fraction of sp³-hybridized carbons (Fsp3) is 0.409. The van der Waals surface area contributed by atoms with Crippen LogP contribution in [0, 0.1) is 0 Å². The topological polar surface area (TPSA) is 69.7 Å². The van der Waals surface area contributed by atoms with Gasteiger partial charge in [-0.05, 0) is 62.2 Å². The number of amides is 1. The van der Waals surface area contributed by atoms with Crippen LogP contribution in [-0.2, 0) is 27.9 Å². The monoisotopic (exact) mass is 483 g/mol. The average molecular weight is 484 g/mol. The Morgan fingerprint density at radius 1 is 1.06 bits per heavy atom. The minimum atomic E-state index is -3.73. The minimum Gasteiger partial charge on any atom is -0.350 e. The van der Waals surface area contributed by atoms with Gasteiger partial charge in [-0.1, -0.05) is 47.5 Å². The van der Waals surface area contributed by atoms with Gasteiger partial charge in [-0.2, -0.15) is 0 Å². The number of sulfonamides is 1. The Hall–Kier alpha value is -1.80. The van der Waals surface area contributed by atoms with Gasteiger partial charge in [0.25, 0.3) is 0 Å². The van der Waals surface area contributed by atoms with E-state index in [4.69, 9.17) is 23.2 Å². The van der Waals surface area contributed by atoms with Crippen molar-refractivity contribution in [3.8, 4) is 0 Å². The molecule has 6 nitrogen and oxygen atoms in total. The lowest BCUT2D eigenvalue weighted by molar-refractivity contribution is -0.122. The maximum atomic E-state index is 12.7. The first-order valence-electron chi connectivity index (χ1n) is 10.2. The summed E-state index contributed by atoms with van der Waals surface area (Å²) in [6.07, 6.45) is 3.57. The lowest BCUT2D eigenvalue weighted by Crippen LogP contribution is -2.47. The highest BCUT2D eigenvalue weighted by molar-refractivity contribution is 7.92. The number of benzene rings is 2. The molecule has 1 amide bonds. The summed E-state index contributed by atoms with van der Waals surface area (Å²) in [5, 5.41) is 3.35. The van der Waals surface area contributed by atoms with Gasteiger partial charge in [-0.15, -0.1) is 0 Å². The van der Waals surface area contributed by atoms with E-state index in [1.54, 1.807) is 0 Å². The molecule has 1 saturated heterocycles. The first-order valence-corrected chi connectivity index (χ1v) is 12.8. The molecule has 3 rings (SSSR count). The smallest absolute Gasteiger partial charge is 0.243 e. The van der Waals surface area contributed by atoms with Gasteiger partial charge in [0, 0.05) is 13.1 Å². The number of nitrogens with one attached hydrogen (secondary N) is 1. The minimum absolute atomic E-state index is 0.217. The third-order valence-corrected chi connectivity index (χ3v) is 7.32. The molecule has 1 atom stereocenters. The van der Waals surface area contributed by atoms with Gasteiger partial charge in [0.15, 0.2) is 0 Å². The molecule has 31 heavy (non-hydrogen) atoms. The van der Waals surface area contributed by atoms with E-state index in [2.05, 4.69) is 22.3 Å². The van der Waals surface area contributed by atoms with Gasteiger partial charge >= 0.3 is 0 Å². The summed E-state index contributed by atoms with van der Waals surface area (Å²) >= 11 is 12.0. The van der Waals surface area contributed by atoms with Crippen molar-refractivity contribution in [3.05, 3.63) is 63.6 Å². The Labute approximate surface area is 194 Å². The van der Waals surface area contributed by atoms with E-state index in [1.807, 2.05) is 12.1 Å². The van der Waals surface area contributed by atoms with Crippen LogP contribution in [0.3, 0.4) is 0 Å². The van der Waals surface area contributed by atoms with Crippen LogP contribution in [0.1, 0.15) is 30.9 Å². The molecular formula is C22H27Cl2N3O3S. The highest BCUT2D eigenvalue weighted by Gasteiger charge is 2.29. The Kier molecular flexibility index (Phi) is 7.86. The van der Waals surface area contributed by atoms with Crippen LogP contribution < -0.4 is 9.62 Å². The van der Waals surface area contributed by atoms with E-state index in [0.717, 1.165) is 35.8 Å². The zero-order chi connectivity index (χ0) is 22.6. The zero-order valence-electron chi connectivity index (χ0n) is 17.6. The van der Waals surface area contributed by atoms with Crippen molar-refractivity contribution in [3.63, 3.8) is 0 Å². The van der Waals surface area contributed by atoms with E-state index in [0.29, 0.717) is 11.6 Å². The van der Waals surface area contributed by atoms with Crippen molar-refractivity contribution >= 4 is 44.8 Å². The van der Waals surface area contributed by atoms with Crippen molar-refractivity contribution < 1.29 is 13.2 Å². The molecule has 0 aliphatic carbocycles. The van der Waals surface area contributed by atoms with E-state index < -0.39 is 22.0 Å². The number of halogens is 2. The van der Waals surface area contributed by atoms with E-state index in [-0.39, 0.29) is 10.7 Å². The molecule has 1 N–H and O–H groups in total. The Bertz CT molecular complexity index is 1020. The van der Waals surface area contributed by atoms with Crippen LogP contribution in [0.2, 0.25) is 10.0 Å². The predicted molar refractivity (Wildman–Crippen MR) is 126 cm³/mol. The summed E-state index contributed by atoms with van der Waals surface area (Å²) in [5.41, 5.74) is 2.48. The summed E-state index contributed by atoms with van der Waals surface area (Å²) in [6, 6.07) is 11.6. The number of likely N-dealkylation sites (tertiary alicyclic amines) is 1. The number of nitrogens with zero attached hydrogens (tertiary/aromatic N) is 2. The lowest BCUT2D eigenvalue weighted by atomic mass is 10.1. The van der Waals surface area contributed by atoms with Crippen molar-refractivity contribution in [1.29, 1.82) is 0 Å². The standard InChI is InChI=1S/C22H27Cl2N3O3S/c1-16(27(31(2,29)30)19-9-10-20(23)21(24)13-19)22(28)25-14-17-5-7-18(8-6-17)15-26-11-3-4-12-26/h5-10,13,16H,3-4,11-12,14-15H2,1-2H3,(H,25,28). The van der Waals surface area contributed by atoms with Crippen LogP contribution in [-0.4, -0.2) is 44.6 Å². The highest BCUT2D eigenvalue weighted by atomic mass is 35.5. The van der Waals surface area contributed by atoms with Crippen LogP contribution in [0.25, 0.3) is 0 Å². The van der Waals surface area contributed by atoms with Crippen molar-refractivity contribution in [2.75, 3.05) is 23.7 Å². The second-order valence-corrected chi connectivity index (χ2v) is 10.5. The number of anilines is 1. The normalized spacial score (nSPS) is 15.6. The molecule has 0 aromatic heterocycles. The molecule has 168 valence electrons. The number of rotatable bonds is 8. The van der Waals surface area contributed by atoms with E-state index in [1.165, 1.54) is 43.5 Å².